The number of benzene rings is 1. The monoisotopic (exact) mass is 315 g/mol. The van der Waals surface area contributed by atoms with E-state index in [2.05, 4.69) is 0 Å². The number of alkyl halides is 3. The molecule has 0 aliphatic carbocycles. The lowest BCUT2D eigenvalue weighted by Gasteiger charge is -2.17. The van der Waals surface area contributed by atoms with Gasteiger partial charge < -0.3 is 5.73 Å². The maximum Gasteiger partial charge on any atom is 0.416 e. The Morgan fingerprint density at radius 3 is 2.26 bits per heavy atom. The predicted octanol–water partition coefficient (Wildman–Crippen LogP) is 5.22. The molecule has 0 fully saturated rings. The van der Waals surface area contributed by atoms with Crippen LogP contribution in [-0.2, 0) is 6.18 Å². The lowest BCUT2D eigenvalue weighted by molar-refractivity contribution is -0.137. The fourth-order valence-electron chi connectivity index (χ4n) is 1.67. The Hall–Kier alpha value is -0.450. The van der Waals surface area contributed by atoms with Crippen molar-refractivity contribution in [3.05, 3.63) is 34.3 Å². The first-order chi connectivity index (χ1) is 8.21. The third-order valence-electron chi connectivity index (χ3n) is 2.78. The van der Waals surface area contributed by atoms with Gasteiger partial charge in [-0.05, 0) is 42.5 Å². The fraction of sp³-hybridized carbons (Fsp3) is 0.538. The third kappa shape index (κ3) is 5.59. The molecule has 0 radical (unpaired) electrons. The van der Waals surface area contributed by atoms with Gasteiger partial charge in [0.2, 0.25) is 0 Å². The molecule has 2 N–H and O–H groups in total. The summed E-state index contributed by atoms with van der Waals surface area (Å²) in [5.41, 5.74) is 5.57. The quantitative estimate of drug-likeness (QED) is 0.810. The van der Waals surface area contributed by atoms with Crippen LogP contribution in [0.2, 0.25) is 5.02 Å². The van der Waals surface area contributed by atoms with E-state index in [1.165, 1.54) is 6.07 Å². The molecule has 19 heavy (non-hydrogen) atoms. The van der Waals surface area contributed by atoms with Gasteiger partial charge >= 0.3 is 6.18 Å². The van der Waals surface area contributed by atoms with E-state index in [-0.39, 0.29) is 12.4 Å². The van der Waals surface area contributed by atoms with Gasteiger partial charge in [-0.2, -0.15) is 13.2 Å². The van der Waals surface area contributed by atoms with Crippen molar-refractivity contribution in [2.75, 3.05) is 0 Å². The Kier molecular flexibility index (Phi) is 7.19. The van der Waals surface area contributed by atoms with Gasteiger partial charge in [0.1, 0.15) is 0 Å². The molecule has 0 saturated heterocycles. The second-order valence-electron chi connectivity index (χ2n) is 4.81. The van der Waals surface area contributed by atoms with Crippen LogP contribution in [0.15, 0.2) is 18.2 Å². The molecule has 0 aliphatic heterocycles. The highest BCUT2D eigenvalue weighted by Crippen LogP contribution is 2.34. The minimum Gasteiger partial charge on any atom is -0.324 e. The molecule has 0 heterocycles. The summed E-state index contributed by atoms with van der Waals surface area (Å²) < 4.78 is 37.8. The van der Waals surface area contributed by atoms with Crippen molar-refractivity contribution in [3.8, 4) is 0 Å². The van der Waals surface area contributed by atoms with Crippen molar-refractivity contribution in [3.63, 3.8) is 0 Å². The zero-order valence-corrected chi connectivity index (χ0v) is 12.4. The highest BCUT2D eigenvalue weighted by Gasteiger charge is 2.31. The normalized spacial score (nSPS) is 13.3. The second-order valence-corrected chi connectivity index (χ2v) is 5.22. The summed E-state index contributed by atoms with van der Waals surface area (Å²) in [5.74, 6) is 0.459. The standard InChI is InChI=1S/C13H17ClF3N.ClH/c1-8(2)3-6-12(18)10-7-9(13(15,16)17)4-5-11(10)14;/h4-5,7-8,12H,3,6,18H2,1-2H3;1H/t12-;/m1./s1. The van der Waals surface area contributed by atoms with Crippen LogP contribution in [-0.4, -0.2) is 0 Å². The number of hydrogen-bond acceptors (Lipinski definition) is 1. The van der Waals surface area contributed by atoms with E-state index in [1.807, 2.05) is 13.8 Å². The number of rotatable bonds is 4. The lowest BCUT2D eigenvalue weighted by atomic mass is 9.97. The topological polar surface area (TPSA) is 26.0 Å². The Balaban J connectivity index is 0.00000324. The van der Waals surface area contributed by atoms with Crippen LogP contribution in [0, 0.1) is 5.92 Å². The molecule has 110 valence electrons. The molecule has 6 heteroatoms. The van der Waals surface area contributed by atoms with Crippen molar-refractivity contribution < 1.29 is 13.2 Å². The lowest BCUT2D eigenvalue weighted by Crippen LogP contribution is -2.14. The molecular formula is C13H18Cl2F3N. The Bertz CT molecular complexity index is 405. The van der Waals surface area contributed by atoms with E-state index >= 15 is 0 Å². The van der Waals surface area contributed by atoms with Gasteiger partial charge in [0.15, 0.2) is 0 Å². The average Bonchev–Trinajstić information content (AvgIpc) is 2.24. The zero-order valence-electron chi connectivity index (χ0n) is 10.8. The molecule has 1 aromatic rings. The molecule has 1 aromatic carbocycles. The number of hydrogen-bond donors (Lipinski definition) is 1. The molecule has 0 saturated carbocycles. The van der Waals surface area contributed by atoms with Crippen LogP contribution in [0.5, 0.6) is 0 Å². The molecule has 1 nitrogen and oxygen atoms in total. The maximum atomic E-state index is 12.6. The summed E-state index contributed by atoms with van der Waals surface area (Å²) in [6.45, 7) is 4.08. The summed E-state index contributed by atoms with van der Waals surface area (Å²) in [7, 11) is 0. The molecule has 0 bridgehead atoms. The van der Waals surface area contributed by atoms with Gasteiger partial charge in [0.05, 0.1) is 5.56 Å². The SMILES string of the molecule is CC(C)CC[C@@H](N)c1cc(C(F)(F)F)ccc1Cl.Cl. The second kappa shape index (κ2) is 7.36. The van der Waals surface area contributed by atoms with E-state index in [1.54, 1.807) is 0 Å². The van der Waals surface area contributed by atoms with Gasteiger partial charge in [-0.3, -0.25) is 0 Å². The molecular weight excluding hydrogens is 298 g/mol. The van der Waals surface area contributed by atoms with Gasteiger partial charge in [0.25, 0.3) is 0 Å². The van der Waals surface area contributed by atoms with Crippen molar-refractivity contribution in [2.45, 2.75) is 38.9 Å². The summed E-state index contributed by atoms with van der Waals surface area (Å²) >= 11 is 5.91. The summed E-state index contributed by atoms with van der Waals surface area (Å²) in [5, 5.41) is 0.291. The van der Waals surface area contributed by atoms with Crippen molar-refractivity contribution in [2.24, 2.45) is 11.7 Å². The fourth-order valence-corrected chi connectivity index (χ4v) is 1.93. The Morgan fingerprint density at radius 2 is 1.79 bits per heavy atom. The van der Waals surface area contributed by atoms with Crippen LogP contribution in [0.25, 0.3) is 0 Å². The number of halogens is 5. The zero-order chi connectivity index (χ0) is 13.9. The van der Waals surface area contributed by atoms with Crippen LogP contribution in [0.3, 0.4) is 0 Å². The summed E-state index contributed by atoms with van der Waals surface area (Å²) in [6, 6.07) is 2.82. The predicted molar refractivity (Wildman–Crippen MR) is 74.7 cm³/mol. The largest absolute Gasteiger partial charge is 0.416 e. The molecule has 0 amide bonds. The molecule has 1 rings (SSSR count). The first-order valence-electron chi connectivity index (χ1n) is 5.84. The van der Waals surface area contributed by atoms with E-state index < -0.39 is 17.8 Å². The smallest absolute Gasteiger partial charge is 0.324 e. The van der Waals surface area contributed by atoms with Crippen molar-refractivity contribution >= 4 is 24.0 Å². The van der Waals surface area contributed by atoms with Crippen LogP contribution in [0.1, 0.15) is 43.9 Å². The van der Waals surface area contributed by atoms with Gasteiger partial charge in [-0.1, -0.05) is 25.4 Å². The highest BCUT2D eigenvalue weighted by atomic mass is 35.5. The first-order valence-corrected chi connectivity index (χ1v) is 6.22. The summed E-state index contributed by atoms with van der Waals surface area (Å²) in [4.78, 5) is 0. The molecule has 0 unspecified atom stereocenters. The minimum absolute atomic E-state index is 0. The highest BCUT2D eigenvalue weighted by molar-refractivity contribution is 6.31. The third-order valence-corrected chi connectivity index (χ3v) is 3.12. The average molecular weight is 316 g/mol. The van der Waals surface area contributed by atoms with Crippen LogP contribution in [0.4, 0.5) is 13.2 Å². The van der Waals surface area contributed by atoms with Gasteiger partial charge in [0, 0.05) is 11.1 Å². The van der Waals surface area contributed by atoms with Crippen molar-refractivity contribution in [1.29, 1.82) is 0 Å². The van der Waals surface area contributed by atoms with E-state index in [9.17, 15) is 13.2 Å². The van der Waals surface area contributed by atoms with Crippen LogP contribution < -0.4 is 5.73 Å². The Morgan fingerprint density at radius 1 is 1.21 bits per heavy atom. The van der Waals surface area contributed by atoms with Crippen molar-refractivity contribution in [1.82, 2.24) is 0 Å². The first kappa shape index (κ1) is 18.6. The molecule has 0 aliphatic rings. The van der Waals surface area contributed by atoms with E-state index in [0.717, 1.165) is 18.6 Å². The van der Waals surface area contributed by atoms with E-state index in [0.29, 0.717) is 22.9 Å². The number of nitrogens with two attached hydrogens (primary N) is 1. The van der Waals surface area contributed by atoms with Gasteiger partial charge in [-0.25, -0.2) is 0 Å². The Labute approximate surface area is 122 Å². The maximum absolute atomic E-state index is 12.6. The van der Waals surface area contributed by atoms with E-state index in [4.69, 9.17) is 17.3 Å². The molecule has 0 aromatic heterocycles. The summed E-state index contributed by atoms with van der Waals surface area (Å²) in [6.07, 6.45) is -2.89. The minimum atomic E-state index is -4.36. The van der Waals surface area contributed by atoms with Gasteiger partial charge in [-0.15, -0.1) is 12.4 Å². The molecule has 0 spiro atoms. The van der Waals surface area contributed by atoms with Crippen LogP contribution >= 0.6 is 24.0 Å². The molecule has 1 atom stereocenters.